The summed E-state index contributed by atoms with van der Waals surface area (Å²) in [5, 5.41) is 3.33. The first-order valence-corrected chi connectivity index (χ1v) is 6.03. The minimum absolute atomic E-state index is 0.0598. The molecule has 0 aromatic carbocycles. The predicted octanol–water partition coefficient (Wildman–Crippen LogP) is 3.04. The van der Waals surface area contributed by atoms with Crippen LogP contribution >= 0.6 is 0 Å². The van der Waals surface area contributed by atoms with E-state index in [2.05, 4.69) is 26.1 Å². The maximum atomic E-state index is 12.0. The van der Waals surface area contributed by atoms with E-state index in [0.717, 1.165) is 13.0 Å². The summed E-state index contributed by atoms with van der Waals surface area (Å²) in [5.41, 5.74) is 0.0598. The first kappa shape index (κ1) is 16.7. The van der Waals surface area contributed by atoms with Crippen LogP contribution in [0.1, 0.15) is 40.5 Å². The summed E-state index contributed by atoms with van der Waals surface area (Å²) >= 11 is 0. The number of hydrogen-bond donors (Lipinski definition) is 1. The molecule has 5 heteroatoms. The smallest absolute Gasteiger partial charge is 0.312 e. The molecule has 1 unspecified atom stereocenters. The third-order valence-electron chi connectivity index (χ3n) is 2.72. The number of halogens is 3. The Morgan fingerprint density at radius 1 is 1.18 bits per heavy atom. The van der Waals surface area contributed by atoms with E-state index in [-0.39, 0.29) is 18.1 Å². The highest BCUT2D eigenvalue weighted by atomic mass is 19.4. The third-order valence-corrected chi connectivity index (χ3v) is 2.72. The molecule has 1 atom stereocenters. The quantitative estimate of drug-likeness (QED) is 0.783. The fourth-order valence-electron chi connectivity index (χ4n) is 1.40. The second-order valence-electron chi connectivity index (χ2n) is 5.66. The Morgan fingerprint density at radius 2 is 1.71 bits per heavy atom. The third kappa shape index (κ3) is 10.6. The summed E-state index contributed by atoms with van der Waals surface area (Å²) in [4.78, 5) is 1.76. The Labute approximate surface area is 103 Å². The largest absolute Gasteiger partial charge is 0.390 e. The Bertz CT molecular complexity index is 209. The molecule has 17 heavy (non-hydrogen) atoms. The summed E-state index contributed by atoms with van der Waals surface area (Å²) in [7, 11) is 1.74. The lowest BCUT2D eigenvalue weighted by Gasteiger charge is -2.27. The van der Waals surface area contributed by atoms with Crippen molar-refractivity contribution >= 4 is 0 Å². The second kappa shape index (κ2) is 6.59. The van der Waals surface area contributed by atoms with Gasteiger partial charge >= 0.3 is 6.18 Å². The van der Waals surface area contributed by atoms with Gasteiger partial charge in [-0.2, -0.15) is 13.2 Å². The zero-order valence-electron chi connectivity index (χ0n) is 11.5. The van der Waals surface area contributed by atoms with Crippen LogP contribution in [-0.2, 0) is 0 Å². The van der Waals surface area contributed by atoms with Crippen molar-refractivity contribution < 1.29 is 13.2 Å². The van der Waals surface area contributed by atoms with Crippen LogP contribution in [-0.4, -0.2) is 42.8 Å². The molecule has 0 aliphatic heterocycles. The summed E-state index contributed by atoms with van der Waals surface area (Å²) < 4.78 is 36.1. The molecule has 0 heterocycles. The molecule has 0 radical (unpaired) electrons. The first-order chi connectivity index (χ1) is 7.51. The molecular weight excluding hydrogens is 229 g/mol. The van der Waals surface area contributed by atoms with Crippen LogP contribution in [0, 0.1) is 0 Å². The highest BCUT2D eigenvalue weighted by molar-refractivity contribution is 4.73. The van der Waals surface area contributed by atoms with Crippen LogP contribution in [0.25, 0.3) is 0 Å². The van der Waals surface area contributed by atoms with Gasteiger partial charge < -0.3 is 10.2 Å². The van der Waals surface area contributed by atoms with Crippen LogP contribution in [0.15, 0.2) is 0 Å². The van der Waals surface area contributed by atoms with Crippen LogP contribution in [0.2, 0.25) is 0 Å². The summed E-state index contributed by atoms with van der Waals surface area (Å²) in [6.45, 7) is 9.07. The molecule has 0 saturated heterocycles. The number of rotatable bonds is 6. The van der Waals surface area contributed by atoms with Gasteiger partial charge in [0.15, 0.2) is 0 Å². The lowest BCUT2D eigenvalue weighted by atomic mass is 10.1. The molecule has 0 aromatic heterocycles. The predicted molar refractivity (Wildman–Crippen MR) is 65.1 cm³/mol. The average molecular weight is 254 g/mol. The molecule has 0 rings (SSSR count). The average Bonchev–Trinajstić information content (AvgIpc) is 2.10. The van der Waals surface area contributed by atoms with Gasteiger partial charge in [-0.1, -0.05) is 0 Å². The Hall–Kier alpha value is -0.290. The van der Waals surface area contributed by atoms with Crippen LogP contribution in [0.4, 0.5) is 13.2 Å². The normalized spacial score (nSPS) is 15.4. The van der Waals surface area contributed by atoms with Crippen LogP contribution in [0.3, 0.4) is 0 Å². The molecule has 0 bridgehead atoms. The van der Waals surface area contributed by atoms with E-state index in [1.54, 1.807) is 11.9 Å². The van der Waals surface area contributed by atoms with E-state index >= 15 is 0 Å². The molecule has 0 amide bonds. The van der Waals surface area contributed by atoms with E-state index in [9.17, 15) is 13.2 Å². The van der Waals surface area contributed by atoms with Gasteiger partial charge in [-0.05, 0) is 47.7 Å². The minimum atomic E-state index is -4.06. The lowest BCUT2D eigenvalue weighted by molar-refractivity contribution is -0.138. The SMILES string of the molecule is CC(CCNC(C)(C)C)N(C)CCC(F)(F)F. The van der Waals surface area contributed by atoms with Gasteiger partial charge in [0.2, 0.25) is 0 Å². The lowest BCUT2D eigenvalue weighted by Crippen LogP contribution is -2.40. The maximum Gasteiger partial charge on any atom is 0.390 e. The highest BCUT2D eigenvalue weighted by Gasteiger charge is 2.27. The highest BCUT2D eigenvalue weighted by Crippen LogP contribution is 2.20. The van der Waals surface area contributed by atoms with E-state index in [1.165, 1.54) is 0 Å². The number of nitrogens with zero attached hydrogens (tertiary/aromatic N) is 1. The fraction of sp³-hybridized carbons (Fsp3) is 1.00. The van der Waals surface area contributed by atoms with Crippen molar-refractivity contribution in [1.29, 1.82) is 0 Å². The molecule has 104 valence electrons. The molecule has 0 aliphatic carbocycles. The van der Waals surface area contributed by atoms with Crippen molar-refractivity contribution in [2.24, 2.45) is 0 Å². The molecule has 2 nitrogen and oxygen atoms in total. The van der Waals surface area contributed by atoms with Crippen molar-refractivity contribution in [3.8, 4) is 0 Å². The standard InChI is InChI=1S/C12H25F3N2/c1-10(6-8-16-11(2,3)4)17(5)9-7-12(13,14)15/h10,16H,6-9H2,1-5H3. The Balaban J connectivity index is 3.79. The van der Waals surface area contributed by atoms with Gasteiger partial charge in [0.1, 0.15) is 0 Å². The molecular formula is C12H25F3N2. The van der Waals surface area contributed by atoms with Crippen LogP contribution < -0.4 is 5.32 Å². The monoisotopic (exact) mass is 254 g/mol. The fourth-order valence-corrected chi connectivity index (χ4v) is 1.40. The van der Waals surface area contributed by atoms with E-state index in [4.69, 9.17) is 0 Å². The zero-order valence-corrected chi connectivity index (χ0v) is 11.5. The van der Waals surface area contributed by atoms with Crippen LogP contribution in [0.5, 0.6) is 0 Å². The summed E-state index contributed by atoms with van der Waals surface area (Å²) in [6.07, 6.45) is -3.94. The second-order valence-corrected chi connectivity index (χ2v) is 5.66. The maximum absolute atomic E-state index is 12.0. The number of hydrogen-bond acceptors (Lipinski definition) is 2. The Kier molecular flexibility index (Phi) is 6.48. The Morgan fingerprint density at radius 3 is 2.12 bits per heavy atom. The minimum Gasteiger partial charge on any atom is -0.312 e. The number of alkyl halides is 3. The summed E-state index contributed by atoms with van der Waals surface area (Å²) in [5.74, 6) is 0. The molecule has 0 aromatic rings. The van der Waals surface area contributed by atoms with Crippen molar-refractivity contribution in [3.63, 3.8) is 0 Å². The molecule has 0 saturated carbocycles. The molecule has 1 N–H and O–H groups in total. The van der Waals surface area contributed by atoms with Gasteiger partial charge in [0.05, 0.1) is 6.42 Å². The van der Waals surface area contributed by atoms with E-state index < -0.39 is 12.6 Å². The van der Waals surface area contributed by atoms with Crippen molar-refractivity contribution in [2.45, 2.75) is 58.3 Å². The molecule has 0 spiro atoms. The van der Waals surface area contributed by atoms with Gasteiger partial charge in [-0.25, -0.2) is 0 Å². The van der Waals surface area contributed by atoms with Gasteiger partial charge in [-0.3, -0.25) is 0 Å². The number of nitrogens with one attached hydrogen (secondary N) is 1. The van der Waals surface area contributed by atoms with Crippen molar-refractivity contribution in [3.05, 3.63) is 0 Å². The zero-order chi connectivity index (χ0) is 13.7. The summed E-state index contributed by atoms with van der Waals surface area (Å²) in [6, 6.07) is 0.159. The van der Waals surface area contributed by atoms with Gasteiger partial charge in [0, 0.05) is 18.1 Å². The molecule has 0 fully saturated rings. The van der Waals surface area contributed by atoms with E-state index in [0.29, 0.717) is 0 Å². The topological polar surface area (TPSA) is 15.3 Å². The first-order valence-electron chi connectivity index (χ1n) is 6.03. The molecule has 0 aliphatic rings. The van der Waals surface area contributed by atoms with Gasteiger partial charge in [0.25, 0.3) is 0 Å². The van der Waals surface area contributed by atoms with Crippen molar-refractivity contribution in [1.82, 2.24) is 10.2 Å². The van der Waals surface area contributed by atoms with Crippen molar-refractivity contribution in [2.75, 3.05) is 20.1 Å². The van der Waals surface area contributed by atoms with Gasteiger partial charge in [-0.15, -0.1) is 0 Å². The van der Waals surface area contributed by atoms with E-state index in [1.807, 2.05) is 6.92 Å².